The van der Waals surface area contributed by atoms with Gasteiger partial charge in [0.05, 0.1) is 31.0 Å². The van der Waals surface area contributed by atoms with E-state index in [0.717, 1.165) is 16.9 Å². The molecule has 2 amide bonds. The van der Waals surface area contributed by atoms with E-state index < -0.39 is 12.0 Å². The Morgan fingerprint density at radius 1 is 1.07 bits per heavy atom. The lowest BCUT2D eigenvalue weighted by molar-refractivity contribution is -0.119. The normalized spacial score (nSPS) is 18.1. The molecule has 1 aliphatic rings. The summed E-state index contributed by atoms with van der Waals surface area (Å²) in [5.74, 6) is -0.143. The number of methoxy groups -OCH3 is 1. The summed E-state index contributed by atoms with van der Waals surface area (Å²) in [4.78, 5) is 32.1. The fourth-order valence-corrected chi connectivity index (χ4v) is 3.83. The van der Waals surface area contributed by atoms with Gasteiger partial charge in [-0.2, -0.15) is 0 Å². The van der Waals surface area contributed by atoms with Crippen molar-refractivity contribution in [3.8, 4) is 5.75 Å². The molecule has 2 aromatic carbocycles. The van der Waals surface area contributed by atoms with Gasteiger partial charge in [-0.15, -0.1) is 0 Å². The summed E-state index contributed by atoms with van der Waals surface area (Å²) in [6.45, 7) is 0. The van der Waals surface area contributed by atoms with Gasteiger partial charge in [-0.25, -0.2) is 0 Å². The Labute approximate surface area is 169 Å². The summed E-state index contributed by atoms with van der Waals surface area (Å²) in [7, 11) is 3.34. The van der Waals surface area contributed by atoms with E-state index in [0.29, 0.717) is 11.3 Å². The monoisotopic (exact) mass is 387 g/mol. The molecule has 2 atom stereocenters. The molecular weight excluding hydrogens is 366 g/mol. The molecule has 0 saturated carbocycles. The fourth-order valence-electron chi connectivity index (χ4n) is 3.83. The van der Waals surface area contributed by atoms with Crippen LogP contribution in [0.4, 0.5) is 5.69 Å². The van der Waals surface area contributed by atoms with E-state index in [1.165, 1.54) is 0 Å². The molecule has 3 aromatic rings. The maximum atomic E-state index is 13.4. The number of pyridine rings is 1. The van der Waals surface area contributed by atoms with Crippen LogP contribution in [0.15, 0.2) is 73.1 Å². The number of hydrogen-bond acceptors (Lipinski definition) is 4. The average molecular weight is 387 g/mol. The molecule has 6 nitrogen and oxygen atoms in total. The van der Waals surface area contributed by atoms with Gasteiger partial charge in [-0.1, -0.05) is 30.3 Å². The Morgan fingerprint density at radius 3 is 2.52 bits per heavy atom. The Bertz CT molecular complexity index is 1030. The number of amides is 2. The van der Waals surface area contributed by atoms with Crippen molar-refractivity contribution < 1.29 is 14.3 Å². The molecule has 0 saturated heterocycles. The lowest BCUT2D eigenvalue weighted by atomic mass is 9.79. The van der Waals surface area contributed by atoms with Crippen LogP contribution in [-0.4, -0.2) is 35.9 Å². The molecule has 0 fully saturated rings. The topological polar surface area (TPSA) is 71.5 Å². The molecule has 1 aromatic heterocycles. The minimum atomic E-state index is -0.567. The van der Waals surface area contributed by atoms with Crippen molar-refractivity contribution in [1.29, 1.82) is 0 Å². The molecule has 2 heterocycles. The lowest BCUT2D eigenvalue weighted by Gasteiger charge is -2.39. The minimum absolute atomic E-state index is 0.105. The molecule has 146 valence electrons. The van der Waals surface area contributed by atoms with E-state index in [1.54, 1.807) is 49.7 Å². The Morgan fingerprint density at radius 2 is 1.83 bits per heavy atom. The molecular formula is C23H21N3O3. The third-order valence-corrected chi connectivity index (χ3v) is 5.25. The van der Waals surface area contributed by atoms with Crippen molar-refractivity contribution >= 4 is 17.5 Å². The summed E-state index contributed by atoms with van der Waals surface area (Å²) < 4.78 is 5.25. The second kappa shape index (κ2) is 7.75. The zero-order valence-corrected chi connectivity index (χ0v) is 16.2. The van der Waals surface area contributed by atoms with Crippen molar-refractivity contribution in [2.75, 3.05) is 19.5 Å². The van der Waals surface area contributed by atoms with E-state index >= 15 is 0 Å². The third-order valence-electron chi connectivity index (χ3n) is 5.25. The number of ether oxygens (including phenoxy) is 1. The molecule has 0 unspecified atom stereocenters. The number of nitrogens with one attached hydrogen (secondary N) is 1. The quantitative estimate of drug-likeness (QED) is 0.742. The highest BCUT2D eigenvalue weighted by atomic mass is 16.5. The van der Waals surface area contributed by atoms with Gasteiger partial charge in [0, 0.05) is 18.8 Å². The number of anilines is 1. The summed E-state index contributed by atoms with van der Waals surface area (Å²) in [6.07, 6.45) is 3.25. The fraction of sp³-hybridized carbons (Fsp3) is 0.174. The van der Waals surface area contributed by atoms with E-state index in [-0.39, 0.29) is 11.8 Å². The second-order valence-electron chi connectivity index (χ2n) is 6.93. The molecule has 1 N–H and O–H groups in total. The SMILES string of the molecule is COc1ccc([C@@H]2[C@H](C(=O)Nc3cccnc3)c3ccccc3C(=O)N2C)cc1. The molecule has 4 rings (SSSR count). The number of likely N-dealkylation sites (N-methyl/N-ethyl adjacent to an activating group) is 1. The number of fused-ring (bicyclic) bond motifs is 1. The lowest BCUT2D eigenvalue weighted by Crippen LogP contribution is -2.44. The summed E-state index contributed by atoms with van der Waals surface area (Å²) in [6, 6.07) is 17.9. The molecule has 0 radical (unpaired) electrons. The number of carbonyl (C=O) groups is 2. The van der Waals surface area contributed by atoms with Crippen molar-refractivity contribution in [2.45, 2.75) is 12.0 Å². The first kappa shape index (κ1) is 18.7. The van der Waals surface area contributed by atoms with Gasteiger partial charge in [0.15, 0.2) is 0 Å². The van der Waals surface area contributed by atoms with Crippen LogP contribution in [0, 0.1) is 0 Å². The van der Waals surface area contributed by atoms with Gasteiger partial charge < -0.3 is 15.0 Å². The van der Waals surface area contributed by atoms with Crippen LogP contribution in [-0.2, 0) is 4.79 Å². The average Bonchev–Trinajstić information content (AvgIpc) is 2.77. The number of nitrogens with zero attached hydrogens (tertiary/aromatic N) is 2. The van der Waals surface area contributed by atoms with E-state index in [1.807, 2.05) is 42.5 Å². The number of hydrogen-bond donors (Lipinski definition) is 1. The van der Waals surface area contributed by atoms with Gasteiger partial charge >= 0.3 is 0 Å². The maximum Gasteiger partial charge on any atom is 0.254 e. The smallest absolute Gasteiger partial charge is 0.254 e. The summed E-state index contributed by atoms with van der Waals surface area (Å²) in [5.41, 5.74) is 2.74. The molecule has 6 heteroatoms. The summed E-state index contributed by atoms with van der Waals surface area (Å²) >= 11 is 0. The van der Waals surface area contributed by atoms with Crippen LogP contribution in [0.5, 0.6) is 5.75 Å². The Kier molecular flexibility index (Phi) is 4.99. The standard InChI is InChI=1S/C23H21N3O3/c1-26-21(15-9-11-17(29-2)12-10-15)20(18-7-3-4-8-19(18)23(26)28)22(27)25-16-6-5-13-24-14-16/h3-14,20-21H,1-2H3,(H,25,27)/t20-,21-/m1/s1. The predicted octanol–water partition coefficient (Wildman–Crippen LogP) is 3.64. The first-order chi connectivity index (χ1) is 14.1. The number of carbonyl (C=O) groups excluding carboxylic acids is 2. The van der Waals surface area contributed by atoms with Crippen molar-refractivity contribution in [2.24, 2.45) is 0 Å². The molecule has 0 aliphatic carbocycles. The van der Waals surface area contributed by atoms with Crippen LogP contribution in [0.25, 0.3) is 0 Å². The largest absolute Gasteiger partial charge is 0.497 e. The number of aromatic nitrogens is 1. The number of rotatable bonds is 4. The van der Waals surface area contributed by atoms with Gasteiger partial charge in [-0.3, -0.25) is 14.6 Å². The van der Waals surface area contributed by atoms with Crippen molar-refractivity contribution in [3.05, 3.63) is 89.7 Å². The molecule has 29 heavy (non-hydrogen) atoms. The highest BCUT2D eigenvalue weighted by Crippen LogP contribution is 2.42. The van der Waals surface area contributed by atoms with E-state index in [9.17, 15) is 9.59 Å². The zero-order valence-electron chi connectivity index (χ0n) is 16.2. The van der Waals surface area contributed by atoms with Gasteiger partial charge in [0.25, 0.3) is 5.91 Å². The maximum absolute atomic E-state index is 13.4. The third kappa shape index (κ3) is 3.45. The minimum Gasteiger partial charge on any atom is -0.497 e. The predicted molar refractivity (Wildman–Crippen MR) is 110 cm³/mol. The van der Waals surface area contributed by atoms with Crippen LogP contribution in [0.2, 0.25) is 0 Å². The summed E-state index contributed by atoms with van der Waals surface area (Å²) in [5, 5.41) is 2.95. The zero-order chi connectivity index (χ0) is 20.4. The molecule has 0 bridgehead atoms. The van der Waals surface area contributed by atoms with Crippen LogP contribution in [0.3, 0.4) is 0 Å². The van der Waals surface area contributed by atoms with Crippen molar-refractivity contribution in [3.63, 3.8) is 0 Å². The van der Waals surface area contributed by atoms with Gasteiger partial charge in [-0.05, 0) is 41.5 Å². The first-order valence-electron chi connectivity index (χ1n) is 9.31. The van der Waals surface area contributed by atoms with Gasteiger partial charge in [0.1, 0.15) is 5.75 Å². The van der Waals surface area contributed by atoms with E-state index in [4.69, 9.17) is 4.74 Å². The van der Waals surface area contributed by atoms with Crippen molar-refractivity contribution in [1.82, 2.24) is 9.88 Å². The molecule has 0 spiro atoms. The highest BCUT2D eigenvalue weighted by molar-refractivity contribution is 6.04. The van der Waals surface area contributed by atoms with Crippen LogP contribution in [0.1, 0.15) is 33.4 Å². The van der Waals surface area contributed by atoms with Gasteiger partial charge in [0.2, 0.25) is 5.91 Å². The van der Waals surface area contributed by atoms with Crippen LogP contribution < -0.4 is 10.1 Å². The second-order valence-corrected chi connectivity index (χ2v) is 6.93. The Balaban J connectivity index is 1.80. The first-order valence-corrected chi connectivity index (χ1v) is 9.31. The van der Waals surface area contributed by atoms with Crippen LogP contribution >= 0.6 is 0 Å². The molecule has 1 aliphatic heterocycles. The van der Waals surface area contributed by atoms with E-state index in [2.05, 4.69) is 10.3 Å². The number of benzene rings is 2. The Hall–Kier alpha value is -3.67. The highest BCUT2D eigenvalue weighted by Gasteiger charge is 2.42.